The molecule has 0 spiro atoms. The largest absolute Gasteiger partial charge is 0.493 e. The molecule has 0 heterocycles. The first-order valence-corrected chi connectivity index (χ1v) is 56.9. The predicted octanol–water partition coefficient (Wildman–Crippen LogP) is 39.7. The van der Waals surface area contributed by atoms with Crippen molar-refractivity contribution in [1.29, 1.82) is 0 Å². The Bertz CT molecular complexity index is 3110. The number of hydrogen-bond acceptors (Lipinski definition) is 10. The molecule has 0 N–H and O–H groups in total. The molecule has 0 saturated carbocycles. The van der Waals surface area contributed by atoms with Gasteiger partial charge in [-0.1, -0.05) is 506 Å². The molecule has 4 atom stereocenters. The van der Waals surface area contributed by atoms with Gasteiger partial charge in [-0.15, -0.1) is 0 Å². The van der Waals surface area contributed by atoms with Crippen LogP contribution in [0.3, 0.4) is 0 Å². The van der Waals surface area contributed by atoms with Crippen LogP contribution < -0.4 is 47.4 Å². The Morgan fingerprint density at radius 3 is 0.485 bits per heavy atom. The first-order valence-electron chi connectivity index (χ1n) is 56.9. The number of hydrogen-bond donors (Lipinski definition) is 0. The minimum absolute atomic E-state index is 0.337. The molecule has 0 aliphatic heterocycles. The van der Waals surface area contributed by atoms with Crippen molar-refractivity contribution in [2.24, 2.45) is 23.7 Å². The monoisotopic (exact) mass is 1830 g/mol. The summed E-state index contributed by atoms with van der Waals surface area (Å²) in [5.74, 6) is 9.10. The third-order valence-corrected chi connectivity index (χ3v) is 27.1. The van der Waals surface area contributed by atoms with Gasteiger partial charge >= 0.3 is 0 Å². The first kappa shape index (κ1) is 118. The Morgan fingerprint density at radius 1 is 0.167 bits per heavy atom. The van der Waals surface area contributed by atoms with E-state index in [1.165, 1.54) is 308 Å². The van der Waals surface area contributed by atoms with E-state index in [4.69, 9.17) is 47.4 Å². The summed E-state index contributed by atoms with van der Waals surface area (Å²) in [5.41, 5.74) is 5.72. The Labute approximate surface area is 815 Å². The van der Waals surface area contributed by atoms with Crippen molar-refractivity contribution in [3.8, 4) is 57.5 Å². The normalized spacial score (nSPS) is 12.7. The lowest BCUT2D eigenvalue weighted by Crippen LogP contribution is -2.10. The molecule has 10 nitrogen and oxygen atoms in total. The lowest BCUT2D eigenvalue weighted by molar-refractivity contribution is 0.234. The van der Waals surface area contributed by atoms with Gasteiger partial charge in [0.2, 0.25) is 11.5 Å². The van der Waals surface area contributed by atoms with E-state index in [-0.39, 0.29) is 0 Å². The molecule has 756 valence electrons. The molecule has 0 aliphatic carbocycles. The van der Waals surface area contributed by atoms with Gasteiger partial charge in [-0.2, -0.15) is 0 Å². The smallest absolute Gasteiger partial charge is 0.203 e. The van der Waals surface area contributed by atoms with Crippen LogP contribution in [-0.4, -0.2) is 66.1 Å². The second kappa shape index (κ2) is 83.3. The van der Waals surface area contributed by atoms with Crippen molar-refractivity contribution < 1.29 is 47.4 Å². The lowest BCUT2D eigenvalue weighted by atomic mass is 10.0. The van der Waals surface area contributed by atoms with Gasteiger partial charge in [0.1, 0.15) is 23.0 Å². The zero-order valence-electron chi connectivity index (χ0n) is 88.8. The van der Waals surface area contributed by atoms with Crippen molar-refractivity contribution in [3.63, 3.8) is 0 Å². The van der Waals surface area contributed by atoms with Crippen LogP contribution in [0, 0.1) is 23.7 Å². The highest BCUT2D eigenvalue weighted by atomic mass is 16.6. The van der Waals surface area contributed by atoms with Crippen molar-refractivity contribution in [2.75, 3.05) is 66.1 Å². The fourth-order valence-corrected chi connectivity index (χ4v) is 16.9. The van der Waals surface area contributed by atoms with Crippen LogP contribution in [0.5, 0.6) is 57.5 Å². The molecule has 0 radical (unpaired) electrons. The van der Waals surface area contributed by atoms with Crippen LogP contribution in [0.4, 0.5) is 0 Å². The van der Waals surface area contributed by atoms with Gasteiger partial charge in [0.05, 0.1) is 66.1 Å². The summed E-state index contributed by atoms with van der Waals surface area (Å²) >= 11 is 0. The topological polar surface area (TPSA) is 92.3 Å². The highest BCUT2D eigenvalue weighted by molar-refractivity contribution is 5.83. The Balaban J connectivity index is 1.92. The molecule has 4 aromatic rings. The maximum Gasteiger partial charge on any atom is 0.203 e. The highest BCUT2D eigenvalue weighted by Gasteiger charge is 2.22. The van der Waals surface area contributed by atoms with Gasteiger partial charge in [0.15, 0.2) is 23.0 Å². The van der Waals surface area contributed by atoms with E-state index in [9.17, 15) is 0 Å². The van der Waals surface area contributed by atoms with E-state index < -0.39 is 0 Å². The maximum atomic E-state index is 7.05. The molecule has 4 rings (SSSR count). The molecule has 0 aromatic heterocycles. The van der Waals surface area contributed by atoms with E-state index in [1.807, 2.05) is 0 Å². The average Bonchev–Trinajstić information content (AvgIpc) is 0.805. The maximum absolute atomic E-state index is 7.05. The molecule has 0 unspecified atom stereocenters. The van der Waals surface area contributed by atoms with Gasteiger partial charge in [-0.05, 0) is 122 Å². The SMILES string of the molecule is CCCCCCCCCCCCOc1cc(/C=C/c2cc(OC[C@@H](C)CC)c(/C=C/c3cc(OC[C@@H](C)CC)c(/C=C/c4cc(OCCCCCCCCCCCC)c(OCCCCCCCCCCCC)c(OCCCCCCCCCCCC)c4)cc3OC[C@@H](C)CC)cc2OC[C@@H](C)CC)cc(OCCCCCCCCCCCC)c1OCCCCCCCCCCCC. The molecule has 10 heteroatoms. The highest BCUT2D eigenvalue weighted by Crippen LogP contribution is 2.44. The number of benzene rings is 4. The van der Waals surface area contributed by atoms with E-state index in [1.54, 1.807) is 0 Å². The second-order valence-corrected chi connectivity index (χ2v) is 40.0. The van der Waals surface area contributed by atoms with E-state index in [0.29, 0.717) is 89.7 Å². The molecule has 4 aromatic carbocycles. The lowest BCUT2D eigenvalue weighted by Gasteiger charge is -2.20. The van der Waals surface area contributed by atoms with Crippen LogP contribution in [-0.2, 0) is 0 Å². The standard InChI is InChI=1S/C122H208O10/c1-15-25-31-37-43-49-55-61-67-73-85-123-117-91-107(92-118(124-86-74-68-62-56-50-44-38-32-26-16-2)121(117)127-89-77-71-65-59-53-47-41-35-29-19-5)79-81-109-95-115(131-101-105(13)23-9)111(97-113(109)129-99-103(11)21-7)83-84-112-98-114(130-100-104(12)22-8)110(96-116(112)132-102-106(14)24-10)82-80-108-93-119(125-87-75-69-63-57-51-45-39-33-27-17-3)122(128-90-78-72-66-60-54-48-42-36-30-20-6)120(94-108)126-88-76-70-64-58-52-46-40-34-28-18-4/h79-84,91-98,103-106H,15-78,85-90,99-102H2,1-14H3/b81-79+,82-80+,84-83+/t103-,104-,105-,106-/m0/s1. The number of rotatable bonds is 94. The van der Waals surface area contributed by atoms with Gasteiger partial charge in [-0.3, -0.25) is 0 Å². The molecule has 132 heavy (non-hydrogen) atoms. The van der Waals surface area contributed by atoms with Crippen molar-refractivity contribution in [2.45, 2.75) is 508 Å². The van der Waals surface area contributed by atoms with Crippen molar-refractivity contribution in [3.05, 3.63) is 81.9 Å². The Kier molecular flexibility index (Phi) is 74.7. The summed E-state index contributed by atoms with van der Waals surface area (Å²) in [6.45, 7) is 38.0. The third kappa shape index (κ3) is 58.6. The van der Waals surface area contributed by atoms with Gasteiger partial charge in [-0.25, -0.2) is 0 Å². The van der Waals surface area contributed by atoms with Crippen molar-refractivity contribution >= 4 is 36.5 Å². The predicted molar refractivity (Wildman–Crippen MR) is 576 cm³/mol. The molecular weight excluding hydrogens is 1630 g/mol. The molecule has 0 aliphatic rings. The van der Waals surface area contributed by atoms with Crippen LogP contribution >= 0.6 is 0 Å². The van der Waals surface area contributed by atoms with Gasteiger partial charge in [0, 0.05) is 22.3 Å². The second-order valence-electron chi connectivity index (χ2n) is 40.0. The van der Waals surface area contributed by atoms with Crippen molar-refractivity contribution in [1.82, 2.24) is 0 Å². The molecular formula is C122H208O10. The fraction of sp³-hybridized carbons (Fsp3) is 0.754. The zero-order valence-corrected chi connectivity index (χ0v) is 88.8. The van der Waals surface area contributed by atoms with Gasteiger partial charge < -0.3 is 47.4 Å². The molecule has 0 bridgehead atoms. The quantitative estimate of drug-likeness (QED) is 0.0314. The summed E-state index contributed by atoms with van der Waals surface area (Å²) < 4.78 is 69.9. The van der Waals surface area contributed by atoms with Crippen LogP contribution in [0.15, 0.2) is 48.5 Å². The number of unbranched alkanes of at least 4 members (excludes halogenated alkanes) is 54. The van der Waals surface area contributed by atoms with Crippen LogP contribution in [0.2, 0.25) is 0 Å². The number of ether oxygens (including phenoxy) is 10. The summed E-state index contributed by atoms with van der Waals surface area (Å²) in [4.78, 5) is 0. The summed E-state index contributed by atoms with van der Waals surface area (Å²) in [6.07, 6.45) is 93.7. The van der Waals surface area contributed by atoms with Crippen LogP contribution in [0.25, 0.3) is 36.5 Å². The summed E-state index contributed by atoms with van der Waals surface area (Å²) in [6, 6.07) is 17.6. The first-order chi connectivity index (χ1) is 64.9. The average molecular weight is 1830 g/mol. The van der Waals surface area contributed by atoms with E-state index >= 15 is 0 Å². The molecule has 0 saturated heterocycles. The Morgan fingerprint density at radius 2 is 0.318 bits per heavy atom. The minimum Gasteiger partial charge on any atom is -0.493 e. The fourth-order valence-electron chi connectivity index (χ4n) is 16.9. The zero-order chi connectivity index (χ0) is 94.8. The summed E-state index contributed by atoms with van der Waals surface area (Å²) in [7, 11) is 0. The van der Waals surface area contributed by atoms with Crippen LogP contribution in [0.1, 0.15) is 541 Å². The minimum atomic E-state index is 0.337. The Hall–Kier alpha value is -5.90. The van der Waals surface area contributed by atoms with Gasteiger partial charge in [0.25, 0.3) is 0 Å². The summed E-state index contributed by atoms with van der Waals surface area (Å²) in [5, 5.41) is 0. The molecule has 0 amide bonds. The third-order valence-electron chi connectivity index (χ3n) is 27.1. The van der Waals surface area contributed by atoms with E-state index in [0.717, 1.165) is 194 Å². The molecule has 0 fully saturated rings. The van der Waals surface area contributed by atoms with E-state index in [2.05, 4.69) is 182 Å².